The highest BCUT2D eigenvalue weighted by Crippen LogP contribution is 2.32. The number of amides is 2. The number of carbonyl (C=O) groups is 2. The van der Waals surface area contributed by atoms with Crippen molar-refractivity contribution in [2.24, 2.45) is 0 Å². The van der Waals surface area contributed by atoms with Crippen LogP contribution in [-0.2, 0) is 4.79 Å². The van der Waals surface area contributed by atoms with Crippen molar-refractivity contribution in [3.05, 3.63) is 58.1 Å². The van der Waals surface area contributed by atoms with Crippen LogP contribution in [0.2, 0.25) is 5.02 Å². The Balaban J connectivity index is 1.62. The number of hydrogen-bond donors (Lipinski definition) is 2. The maximum Gasteiger partial charge on any atom is 0.262 e. The lowest BCUT2D eigenvalue weighted by Gasteiger charge is -2.16. The SMILES string of the molecule is Cc1cc(OCC(=O)Nc2cccc(C(=O)NC3CC3)c2)c(C(C)C)cc1Cl. The molecular formula is C22H25ClN2O3. The van der Waals surface area contributed by atoms with Crippen molar-refractivity contribution in [3.8, 4) is 5.75 Å². The van der Waals surface area contributed by atoms with E-state index in [0.717, 1.165) is 24.0 Å². The maximum absolute atomic E-state index is 12.3. The fraction of sp³-hybridized carbons (Fsp3) is 0.364. The zero-order valence-corrected chi connectivity index (χ0v) is 17.1. The molecule has 0 unspecified atom stereocenters. The third-order valence-corrected chi connectivity index (χ3v) is 5.00. The van der Waals surface area contributed by atoms with Gasteiger partial charge in [-0.2, -0.15) is 0 Å². The Morgan fingerprint density at radius 2 is 1.96 bits per heavy atom. The van der Waals surface area contributed by atoms with Crippen LogP contribution in [0, 0.1) is 6.92 Å². The Kier molecular flexibility index (Phi) is 6.25. The Morgan fingerprint density at radius 1 is 1.21 bits per heavy atom. The number of ether oxygens (including phenoxy) is 1. The molecule has 6 heteroatoms. The summed E-state index contributed by atoms with van der Waals surface area (Å²) in [4.78, 5) is 24.5. The number of hydrogen-bond acceptors (Lipinski definition) is 3. The van der Waals surface area contributed by atoms with Gasteiger partial charge in [0.15, 0.2) is 6.61 Å². The van der Waals surface area contributed by atoms with E-state index in [9.17, 15) is 9.59 Å². The van der Waals surface area contributed by atoms with Crippen LogP contribution in [0.5, 0.6) is 5.75 Å². The molecule has 0 spiro atoms. The van der Waals surface area contributed by atoms with Crippen molar-refractivity contribution in [1.82, 2.24) is 5.32 Å². The molecule has 1 aliphatic carbocycles. The molecule has 1 fully saturated rings. The molecule has 28 heavy (non-hydrogen) atoms. The summed E-state index contributed by atoms with van der Waals surface area (Å²) in [5, 5.41) is 6.40. The number of nitrogens with one attached hydrogen (secondary N) is 2. The second kappa shape index (κ2) is 8.65. The van der Waals surface area contributed by atoms with E-state index in [1.165, 1.54) is 0 Å². The van der Waals surface area contributed by atoms with Crippen molar-refractivity contribution in [1.29, 1.82) is 0 Å². The van der Waals surface area contributed by atoms with E-state index in [1.54, 1.807) is 24.3 Å². The molecule has 0 atom stereocenters. The number of carbonyl (C=O) groups excluding carboxylic acids is 2. The Labute approximate surface area is 170 Å². The van der Waals surface area contributed by atoms with Gasteiger partial charge < -0.3 is 15.4 Å². The second-order valence-corrected chi connectivity index (χ2v) is 7.87. The topological polar surface area (TPSA) is 67.4 Å². The predicted octanol–water partition coefficient (Wildman–Crippen LogP) is 4.68. The first-order valence-corrected chi connectivity index (χ1v) is 9.85. The fourth-order valence-corrected chi connectivity index (χ4v) is 2.99. The van der Waals surface area contributed by atoms with Gasteiger partial charge >= 0.3 is 0 Å². The molecule has 2 amide bonds. The summed E-state index contributed by atoms with van der Waals surface area (Å²) in [7, 11) is 0. The monoisotopic (exact) mass is 400 g/mol. The number of halogens is 1. The van der Waals surface area contributed by atoms with Crippen molar-refractivity contribution >= 4 is 29.1 Å². The molecular weight excluding hydrogens is 376 g/mol. The van der Waals surface area contributed by atoms with Crippen LogP contribution in [0.4, 0.5) is 5.69 Å². The summed E-state index contributed by atoms with van der Waals surface area (Å²) in [6, 6.07) is 10.9. The van der Waals surface area contributed by atoms with Crippen LogP contribution < -0.4 is 15.4 Å². The highest BCUT2D eigenvalue weighted by atomic mass is 35.5. The molecule has 0 radical (unpaired) electrons. The molecule has 0 heterocycles. The first-order chi connectivity index (χ1) is 13.3. The molecule has 0 aromatic heterocycles. The lowest BCUT2D eigenvalue weighted by atomic mass is 10.0. The van der Waals surface area contributed by atoms with Crippen LogP contribution in [0.1, 0.15) is 54.1 Å². The summed E-state index contributed by atoms with van der Waals surface area (Å²) in [6.45, 7) is 5.87. The largest absolute Gasteiger partial charge is 0.483 e. The zero-order valence-electron chi connectivity index (χ0n) is 16.3. The van der Waals surface area contributed by atoms with Crippen LogP contribution in [0.3, 0.4) is 0 Å². The number of benzene rings is 2. The highest BCUT2D eigenvalue weighted by Gasteiger charge is 2.23. The Morgan fingerprint density at radius 3 is 2.64 bits per heavy atom. The van der Waals surface area contributed by atoms with Crippen LogP contribution in [-0.4, -0.2) is 24.5 Å². The van der Waals surface area contributed by atoms with Crippen molar-refractivity contribution in [2.45, 2.75) is 45.6 Å². The minimum Gasteiger partial charge on any atom is -0.483 e. The molecule has 0 saturated heterocycles. The number of anilines is 1. The molecule has 2 aromatic rings. The van der Waals surface area contributed by atoms with E-state index in [-0.39, 0.29) is 30.4 Å². The third kappa shape index (κ3) is 5.26. The second-order valence-electron chi connectivity index (χ2n) is 7.46. The van der Waals surface area contributed by atoms with E-state index in [4.69, 9.17) is 16.3 Å². The molecule has 1 saturated carbocycles. The first-order valence-electron chi connectivity index (χ1n) is 9.47. The van der Waals surface area contributed by atoms with Crippen LogP contribution in [0.15, 0.2) is 36.4 Å². The van der Waals surface area contributed by atoms with Gasteiger partial charge in [0.1, 0.15) is 5.75 Å². The molecule has 148 valence electrons. The van der Waals surface area contributed by atoms with Gasteiger partial charge in [-0.3, -0.25) is 9.59 Å². The predicted molar refractivity (Wildman–Crippen MR) is 111 cm³/mol. The van der Waals surface area contributed by atoms with Gasteiger partial charge in [-0.1, -0.05) is 31.5 Å². The van der Waals surface area contributed by atoms with Crippen molar-refractivity contribution < 1.29 is 14.3 Å². The van der Waals surface area contributed by atoms with Crippen LogP contribution in [0.25, 0.3) is 0 Å². The van der Waals surface area contributed by atoms with Gasteiger partial charge in [0, 0.05) is 22.3 Å². The smallest absolute Gasteiger partial charge is 0.262 e. The highest BCUT2D eigenvalue weighted by molar-refractivity contribution is 6.31. The van der Waals surface area contributed by atoms with Crippen molar-refractivity contribution in [3.63, 3.8) is 0 Å². The Hall–Kier alpha value is -2.53. The number of aryl methyl sites for hydroxylation is 1. The normalized spacial score (nSPS) is 13.3. The zero-order chi connectivity index (χ0) is 20.3. The quantitative estimate of drug-likeness (QED) is 0.708. The molecule has 0 aliphatic heterocycles. The molecule has 2 N–H and O–H groups in total. The average molecular weight is 401 g/mol. The molecule has 5 nitrogen and oxygen atoms in total. The van der Waals surface area contributed by atoms with E-state index in [2.05, 4.69) is 10.6 Å². The van der Waals surface area contributed by atoms with Crippen molar-refractivity contribution in [2.75, 3.05) is 11.9 Å². The summed E-state index contributed by atoms with van der Waals surface area (Å²) in [5.74, 6) is 0.470. The fourth-order valence-electron chi connectivity index (χ4n) is 2.82. The van der Waals surface area contributed by atoms with Gasteiger partial charge in [-0.25, -0.2) is 0 Å². The minimum atomic E-state index is -0.290. The van der Waals surface area contributed by atoms with E-state index in [1.807, 2.05) is 32.9 Å². The van der Waals surface area contributed by atoms with E-state index in [0.29, 0.717) is 22.0 Å². The molecule has 0 bridgehead atoms. The summed E-state index contributed by atoms with van der Waals surface area (Å²) < 4.78 is 5.76. The summed E-state index contributed by atoms with van der Waals surface area (Å²) in [6.07, 6.45) is 2.06. The number of rotatable bonds is 7. The van der Waals surface area contributed by atoms with E-state index < -0.39 is 0 Å². The molecule has 3 rings (SSSR count). The van der Waals surface area contributed by atoms with Gasteiger partial charge in [0.05, 0.1) is 0 Å². The lowest BCUT2D eigenvalue weighted by molar-refractivity contribution is -0.118. The summed E-state index contributed by atoms with van der Waals surface area (Å²) >= 11 is 6.21. The maximum atomic E-state index is 12.3. The van der Waals surface area contributed by atoms with E-state index >= 15 is 0 Å². The average Bonchev–Trinajstić information content (AvgIpc) is 3.46. The minimum absolute atomic E-state index is 0.118. The molecule has 1 aliphatic rings. The van der Waals surface area contributed by atoms with Gasteiger partial charge in [-0.15, -0.1) is 0 Å². The van der Waals surface area contributed by atoms with Gasteiger partial charge in [-0.05, 0) is 67.1 Å². The Bertz CT molecular complexity index is 891. The first kappa shape index (κ1) is 20.2. The van der Waals surface area contributed by atoms with Crippen LogP contribution >= 0.6 is 11.6 Å². The van der Waals surface area contributed by atoms with Gasteiger partial charge in [0.25, 0.3) is 11.8 Å². The molecule has 2 aromatic carbocycles. The standard InChI is InChI=1S/C22H25ClN2O3/c1-13(2)18-11-19(23)14(3)9-20(18)28-12-21(26)24-17-6-4-5-15(10-17)22(27)25-16-7-8-16/h4-6,9-11,13,16H,7-8,12H2,1-3H3,(H,24,26)(H,25,27). The van der Waals surface area contributed by atoms with Gasteiger partial charge in [0.2, 0.25) is 0 Å². The lowest BCUT2D eigenvalue weighted by Crippen LogP contribution is -2.25. The third-order valence-electron chi connectivity index (χ3n) is 4.59. The summed E-state index contributed by atoms with van der Waals surface area (Å²) in [5.41, 5.74) is 2.95.